The van der Waals surface area contributed by atoms with E-state index in [1.54, 1.807) is 0 Å². The average Bonchev–Trinajstić information content (AvgIpc) is 3.00. The van der Waals surface area contributed by atoms with Crippen molar-refractivity contribution >= 4 is 15.8 Å². The number of aromatic nitrogens is 1. The van der Waals surface area contributed by atoms with Gasteiger partial charge in [-0.25, -0.2) is 8.42 Å². The second-order valence-corrected chi connectivity index (χ2v) is 9.57. The fraction of sp³-hybridized carbons (Fsp3) is 0.476. The maximum Gasteiger partial charge on any atom is 0.406 e. The first-order chi connectivity index (χ1) is 14.5. The van der Waals surface area contributed by atoms with E-state index in [9.17, 15) is 26.4 Å². The highest BCUT2D eigenvalue weighted by Gasteiger charge is 2.30. The number of aryl methyl sites for hydroxylation is 1. The Morgan fingerprint density at radius 2 is 1.68 bits per heavy atom. The Bertz CT molecular complexity index is 1040. The van der Waals surface area contributed by atoms with Crippen LogP contribution in [0.2, 0.25) is 0 Å². The lowest BCUT2D eigenvalue weighted by molar-refractivity contribution is -0.141. The number of hydrogen-bond donors (Lipinski definition) is 0. The minimum atomic E-state index is -4.39. The van der Waals surface area contributed by atoms with E-state index in [0.29, 0.717) is 24.5 Å². The summed E-state index contributed by atoms with van der Waals surface area (Å²) >= 11 is 0. The molecule has 170 valence electrons. The van der Waals surface area contributed by atoms with E-state index in [0.717, 1.165) is 23.8 Å². The zero-order valence-corrected chi connectivity index (χ0v) is 18.2. The number of carbonyl (C=O) groups excluding carboxylic acids is 1. The third-order valence-electron chi connectivity index (χ3n) is 5.36. The van der Waals surface area contributed by atoms with Gasteiger partial charge in [-0.05, 0) is 57.0 Å². The van der Waals surface area contributed by atoms with Gasteiger partial charge in [-0.3, -0.25) is 4.79 Å². The van der Waals surface area contributed by atoms with Crippen LogP contribution in [0.15, 0.2) is 35.2 Å². The van der Waals surface area contributed by atoms with Crippen molar-refractivity contribution < 1.29 is 31.1 Å². The molecule has 0 spiro atoms. The van der Waals surface area contributed by atoms with Crippen LogP contribution in [0, 0.1) is 13.8 Å². The number of Topliss-reactive ketones (excluding diaryl/α,β-unsaturated/α-hetero) is 1. The van der Waals surface area contributed by atoms with Crippen LogP contribution in [0.1, 0.15) is 41.0 Å². The molecular formula is C21H25F3N2O4S. The molecule has 1 aromatic carbocycles. The molecule has 3 rings (SSSR count). The van der Waals surface area contributed by atoms with Crippen LogP contribution in [0.5, 0.6) is 5.75 Å². The molecule has 0 atom stereocenters. The lowest BCUT2D eigenvalue weighted by atomic mass is 10.1. The summed E-state index contributed by atoms with van der Waals surface area (Å²) in [6, 6.07) is 7.22. The molecular weight excluding hydrogens is 433 g/mol. The number of halogens is 3. The molecule has 1 aliphatic heterocycles. The van der Waals surface area contributed by atoms with E-state index in [2.05, 4.69) is 0 Å². The molecule has 0 bridgehead atoms. The predicted octanol–water partition coefficient (Wildman–Crippen LogP) is 4.10. The van der Waals surface area contributed by atoms with Crippen molar-refractivity contribution in [3.8, 4) is 5.75 Å². The van der Waals surface area contributed by atoms with Crippen molar-refractivity contribution in [2.45, 2.75) is 50.7 Å². The minimum absolute atomic E-state index is 0.156. The predicted molar refractivity (Wildman–Crippen MR) is 109 cm³/mol. The molecule has 2 heterocycles. The number of rotatable bonds is 7. The fourth-order valence-corrected chi connectivity index (χ4v) is 5.21. The Morgan fingerprint density at radius 1 is 1.06 bits per heavy atom. The van der Waals surface area contributed by atoms with Crippen LogP contribution < -0.4 is 4.74 Å². The van der Waals surface area contributed by atoms with Crippen LogP contribution in [0.4, 0.5) is 13.2 Å². The van der Waals surface area contributed by atoms with Gasteiger partial charge < -0.3 is 9.30 Å². The lowest BCUT2D eigenvalue weighted by Gasteiger charge is -2.25. The van der Waals surface area contributed by atoms with Crippen LogP contribution in [0.3, 0.4) is 0 Å². The van der Waals surface area contributed by atoms with E-state index in [4.69, 9.17) is 4.74 Å². The monoisotopic (exact) mass is 458 g/mol. The maximum atomic E-state index is 12.7. The number of alkyl halides is 3. The zero-order chi connectivity index (χ0) is 22.8. The molecule has 31 heavy (non-hydrogen) atoms. The first kappa shape index (κ1) is 23.3. The van der Waals surface area contributed by atoms with Gasteiger partial charge in [0.05, 0.1) is 4.90 Å². The second-order valence-electron chi connectivity index (χ2n) is 7.63. The van der Waals surface area contributed by atoms with Gasteiger partial charge in [-0.2, -0.15) is 17.5 Å². The molecule has 1 aliphatic rings. The van der Waals surface area contributed by atoms with Gasteiger partial charge in [0.1, 0.15) is 12.3 Å². The van der Waals surface area contributed by atoms with Crippen molar-refractivity contribution in [3.63, 3.8) is 0 Å². The molecule has 0 saturated carbocycles. The summed E-state index contributed by atoms with van der Waals surface area (Å²) in [5.74, 6) is -0.151. The summed E-state index contributed by atoms with van der Waals surface area (Å²) in [5, 5.41) is 0. The summed E-state index contributed by atoms with van der Waals surface area (Å²) in [6.45, 7) is 2.45. The Kier molecular flexibility index (Phi) is 6.80. The third kappa shape index (κ3) is 5.48. The van der Waals surface area contributed by atoms with E-state index in [1.165, 1.54) is 48.5 Å². The summed E-state index contributed by atoms with van der Waals surface area (Å²) in [5.41, 5.74) is 0.739. The van der Waals surface area contributed by atoms with Crippen LogP contribution in [0.25, 0.3) is 0 Å². The van der Waals surface area contributed by atoms with Crippen LogP contribution in [-0.2, 0) is 16.6 Å². The maximum absolute atomic E-state index is 12.7. The molecule has 1 saturated heterocycles. The smallest absolute Gasteiger partial charge is 0.406 e. The van der Waals surface area contributed by atoms with E-state index in [-0.39, 0.29) is 22.8 Å². The zero-order valence-electron chi connectivity index (χ0n) is 17.4. The van der Waals surface area contributed by atoms with E-state index < -0.39 is 28.5 Å². The Labute approximate surface area is 179 Å². The molecule has 1 fully saturated rings. The van der Waals surface area contributed by atoms with Crippen molar-refractivity contribution in [3.05, 3.63) is 47.3 Å². The Morgan fingerprint density at radius 3 is 2.26 bits per heavy atom. The summed E-state index contributed by atoms with van der Waals surface area (Å²) in [7, 11) is -3.56. The number of hydrogen-bond acceptors (Lipinski definition) is 4. The van der Waals surface area contributed by atoms with E-state index in [1.807, 2.05) is 0 Å². The van der Waals surface area contributed by atoms with Gasteiger partial charge in [0.15, 0.2) is 6.61 Å². The highest BCUT2D eigenvalue weighted by atomic mass is 32.2. The molecule has 1 aromatic heterocycles. The molecule has 0 N–H and O–H groups in total. The number of piperidine rings is 1. The molecule has 2 aromatic rings. The van der Waals surface area contributed by atoms with Crippen molar-refractivity contribution in [1.29, 1.82) is 0 Å². The number of ketones is 1. The average molecular weight is 459 g/mol. The largest absolute Gasteiger partial charge is 0.485 e. The van der Waals surface area contributed by atoms with Crippen molar-refractivity contribution in [2.24, 2.45) is 0 Å². The fourth-order valence-electron chi connectivity index (χ4n) is 3.69. The van der Waals surface area contributed by atoms with Crippen molar-refractivity contribution in [1.82, 2.24) is 8.87 Å². The topological polar surface area (TPSA) is 68.6 Å². The Hall–Kier alpha value is -2.33. The number of nitrogens with zero attached hydrogens (tertiary/aromatic N) is 2. The molecule has 10 heteroatoms. The van der Waals surface area contributed by atoms with Crippen LogP contribution in [-0.4, -0.2) is 48.9 Å². The summed E-state index contributed by atoms with van der Waals surface area (Å²) < 4.78 is 71.5. The van der Waals surface area contributed by atoms with Gasteiger partial charge in [0, 0.05) is 30.0 Å². The number of carbonyl (C=O) groups is 1. The van der Waals surface area contributed by atoms with Crippen molar-refractivity contribution in [2.75, 3.05) is 19.7 Å². The first-order valence-corrected chi connectivity index (χ1v) is 11.4. The third-order valence-corrected chi connectivity index (χ3v) is 7.27. The van der Waals surface area contributed by atoms with Gasteiger partial charge in [0.2, 0.25) is 15.8 Å². The molecule has 6 nitrogen and oxygen atoms in total. The molecule has 0 radical (unpaired) electrons. The first-order valence-electron chi connectivity index (χ1n) is 9.99. The summed E-state index contributed by atoms with van der Waals surface area (Å²) in [6.07, 6.45) is -1.69. The van der Waals surface area contributed by atoms with Gasteiger partial charge >= 0.3 is 6.18 Å². The van der Waals surface area contributed by atoms with Gasteiger partial charge in [-0.15, -0.1) is 0 Å². The standard InChI is InChI=1S/C21H25F3N2O4S/c1-15-12-19(16(2)26(15)14-21(22,23)24)20(27)13-30-17-6-8-18(9-7-17)31(28,29)25-10-4-3-5-11-25/h6-9,12H,3-5,10-11,13-14H2,1-2H3. The Balaban J connectivity index is 1.65. The van der Waals surface area contributed by atoms with Crippen LogP contribution >= 0.6 is 0 Å². The SMILES string of the molecule is Cc1cc(C(=O)COc2ccc(S(=O)(=O)N3CCCCC3)cc2)c(C)n1CC(F)(F)F. The number of benzene rings is 1. The van der Waals surface area contributed by atoms with Gasteiger partial charge in [-0.1, -0.05) is 6.42 Å². The normalized spacial score (nSPS) is 15.8. The molecule has 0 unspecified atom stereocenters. The molecule has 0 amide bonds. The van der Waals surface area contributed by atoms with Gasteiger partial charge in [0.25, 0.3) is 0 Å². The molecule has 0 aliphatic carbocycles. The lowest BCUT2D eigenvalue weighted by Crippen LogP contribution is -2.35. The quantitative estimate of drug-likeness (QED) is 0.586. The number of sulfonamides is 1. The number of ether oxygens (including phenoxy) is 1. The highest BCUT2D eigenvalue weighted by molar-refractivity contribution is 7.89. The van der Waals surface area contributed by atoms with E-state index >= 15 is 0 Å². The highest BCUT2D eigenvalue weighted by Crippen LogP contribution is 2.25. The minimum Gasteiger partial charge on any atom is -0.485 e. The second kappa shape index (κ2) is 9.04. The summed E-state index contributed by atoms with van der Waals surface area (Å²) in [4.78, 5) is 12.6.